The summed E-state index contributed by atoms with van der Waals surface area (Å²) in [6.07, 6.45) is 7.35. The monoisotopic (exact) mass is 288 g/mol. The van der Waals surface area contributed by atoms with Crippen LogP contribution >= 0.6 is 0 Å². The Hall–Kier alpha value is -1.35. The minimum atomic E-state index is 0.104. The van der Waals surface area contributed by atoms with Crippen molar-refractivity contribution in [3.8, 4) is 0 Å². The van der Waals surface area contributed by atoms with Crippen LogP contribution in [-0.4, -0.2) is 30.4 Å². The van der Waals surface area contributed by atoms with E-state index in [-0.39, 0.29) is 5.91 Å². The maximum absolute atomic E-state index is 12.3. The Morgan fingerprint density at radius 1 is 1.29 bits per heavy atom. The summed E-state index contributed by atoms with van der Waals surface area (Å²) in [4.78, 5) is 14.6. The number of carbonyl (C=O) groups excluding carboxylic acids is 1. The van der Waals surface area contributed by atoms with Crippen LogP contribution in [0.3, 0.4) is 0 Å². The lowest BCUT2D eigenvalue weighted by Gasteiger charge is -2.30. The van der Waals surface area contributed by atoms with Gasteiger partial charge in [0.1, 0.15) is 0 Å². The summed E-state index contributed by atoms with van der Waals surface area (Å²) in [5.74, 6) is 0.104. The van der Waals surface area contributed by atoms with Gasteiger partial charge in [0.25, 0.3) is 0 Å². The third kappa shape index (κ3) is 4.31. The minimum Gasteiger partial charge on any atom is -0.324 e. The molecule has 0 saturated heterocycles. The Bertz CT molecular complexity index is 478. The molecule has 0 aliphatic heterocycles. The normalized spacial score (nSPS) is 16.2. The zero-order valence-electron chi connectivity index (χ0n) is 13.6. The molecular formula is C18H28N2O. The quantitative estimate of drug-likeness (QED) is 0.894. The van der Waals surface area contributed by atoms with Crippen molar-refractivity contribution in [1.82, 2.24) is 4.90 Å². The molecule has 0 unspecified atom stereocenters. The molecular weight excluding hydrogens is 260 g/mol. The average molecular weight is 288 g/mol. The van der Waals surface area contributed by atoms with E-state index < -0.39 is 0 Å². The molecule has 1 amide bonds. The first-order valence-electron chi connectivity index (χ1n) is 8.20. The lowest BCUT2D eigenvalue weighted by Crippen LogP contribution is -2.39. The van der Waals surface area contributed by atoms with E-state index in [1.807, 2.05) is 0 Å². The minimum absolute atomic E-state index is 0.104. The molecule has 1 aromatic rings. The predicted molar refractivity (Wildman–Crippen MR) is 88.7 cm³/mol. The second kappa shape index (κ2) is 7.60. The smallest absolute Gasteiger partial charge is 0.238 e. The van der Waals surface area contributed by atoms with Crippen LogP contribution in [0.4, 0.5) is 5.69 Å². The fraction of sp³-hybridized carbons (Fsp3) is 0.611. The van der Waals surface area contributed by atoms with Gasteiger partial charge < -0.3 is 5.32 Å². The van der Waals surface area contributed by atoms with E-state index >= 15 is 0 Å². The van der Waals surface area contributed by atoms with Gasteiger partial charge in [-0.15, -0.1) is 0 Å². The van der Waals surface area contributed by atoms with Crippen molar-refractivity contribution in [1.29, 1.82) is 0 Å². The molecule has 116 valence electrons. The number of para-hydroxylation sites is 1. The predicted octanol–water partition coefficient (Wildman–Crippen LogP) is 3.76. The highest BCUT2D eigenvalue weighted by atomic mass is 16.2. The molecule has 0 atom stereocenters. The fourth-order valence-corrected chi connectivity index (χ4v) is 3.26. The number of nitrogens with one attached hydrogen (secondary N) is 1. The van der Waals surface area contributed by atoms with Gasteiger partial charge in [0.2, 0.25) is 5.91 Å². The highest BCUT2D eigenvalue weighted by Gasteiger charge is 2.20. The van der Waals surface area contributed by atoms with Crippen molar-refractivity contribution < 1.29 is 4.79 Å². The molecule has 1 aliphatic carbocycles. The molecule has 3 heteroatoms. The summed E-state index contributed by atoms with van der Waals surface area (Å²) >= 11 is 0. The van der Waals surface area contributed by atoms with Crippen molar-refractivity contribution in [2.75, 3.05) is 18.9 Å². The van der Waals surface area contributed by atoms with Crippen molar-refractivity contribution in [3.05, 3.63) is 29.3 Å². The lowest BCUT2D eigenvalue weighted by molar-refractivity contribution is -0.117. The number of likely N-dealkylation sites (N-methyl/N-ethyl adjacent to an activating group) is 1. The standard InChI is InChI=1S/C18H28N2O/c1-4-15-10-8-9-14(2)18(15)19-17(21)13-20(3)16-11-6-5-7-12-16/h8-10,16H,4-7,11-13H2,1-3H3,(H,19,21). The lowest BCUT2D eigenvalue weighted by atomic mass is 9.94. The van der Waals surface area contributed by atoms with Gasteiger partial charge in [-0.25, -0.2) is 0 Å². The van der Waals surface area contributed by atoms with Crippen LogP contribution in [0.15, 0.2) is 18.2 Å². The van der Waals surface area contributed by atoms with Gasteiger partial charge >= 0.3 is 0 Å². The summed E-state index contributed by atoms with van der Waals surface area (Å²) < 4.78 is 0. The van der Waals surface area contributed by atoms with Crippen molar-refractivity contribution in [3.63, 3.8) is 0 Å². The molecule has 0 bridgehead atoms. The number of hydrogen-bond donors (Lipinski definition) is 1. The Morgan fingerprint density at radius 3 is 2.67 bits per heavy atom. The van der Waals surface area contributed by atoms with Gasteiger partial charge in [0, 0.05) is 11.7 Å². The van der Waals surface area contributed by atoms with Gasteiger partial charge in [0.15, 0.2) is 0 Å². The number of nitrogens with zero attached hydrogens (tertiary/aromatic N) is 1. The molecule has 1 aliphatic rings. The van der Waals surface area contributed by atoms with Crippen LogP contribution < -0.4 is 5.32 Å². The number of benzene rings is 1. The van der Waals surface area contributed by atoms with E-state index in [2.05, 4.69) is 49.3 Å². The maximum Gasteiger partial charge on any atom is 0.238 e. The van der Waals surface area contributed by atoms with Crippen molar-refractivity contribution in [2.24, 2.45) is 0 Å². The molecule has 1 saturated carbocycles. The fourth-order valence-electron chi connectivity index (χ4n) is 3.26. The highest BCUT2D eigenvalue weighted by Crippen LogP contribution is 2.23. The van der Waals surface area contributed by atoms with Crippen LogP contribution in [0.1, 0.15) is 50.2 Å². The average Bonchev–Trinajstić information content (AvgIpc) is 2.50. The summed E-state index contributed by atoms with van der Waals surface area (Å²) in [5, 5.41) is 3.12. The van der Waals surface area contributed by atoms with Crippen LogP contribution in [-0.2, 0) is 11.2 Å². The second-order valence-electron chi connectivity index (χ2n) is 6.22. The molecule has 2 rings (SSSR count). The summed E-state index contributed by atoms with van der Waals surface area (Å²) in [6.45, 7) is 4.67. The van der Waals surface area contributed by atoms with Gasteiger partial charge in [-0.2, -0.15) is 0 Å². The topological polar surface area (TPSA) is 32.3 Å². The third-order valence-corrected chi connectivity index (χ3v) is 4.60. The largest absolute Gasteiger partial charge is 0.324 e. The zero-order valence-corrected chi connectivity index (χ0v) is 13.6. The van der Waals surface area contributed by atoms with Crippen molar-refractivity contribution in [2.45, 2.75) is 58.4 Å². The molecule has 0 spiro atoms. The number of anilines is 1. The SMILES string of the molecule is CCc1cccc(C)c1NC(=O)CN(C)C1CCCCC1. The van der Waals surface area contributed by atoms with Gasteiger partial charge in [-0.3, -0.25) is 9.69 Å². The molecule has 0 radical (unpaired) electrons. The maximum atomic E-state index is 12.3. The van der Waals surface area contributed by atoms with Crippen LogP contribution in [0.5, 0.6) is 0 Å². The number of rotatable bonds is 5. The Kier molecular flexibility index (Phi) is 5.80. The molecule has 1 fully saturated rings. The highest BCUT2D eigenvalue weighted by molar-refractivity contribution is 5.93. The Labute approximate surface area is 128 Å². The molecule has 1 aromatic carbocycles. The molecule has 3 nitrogen and oxygen atoms in total. The molecule has 21 heavy (non-hydrogen) atoms. The van der Waals surface area contributed by atoms with E-state index in [9.17, 15) is 4.79 Å². The van der Waals surface area contributed by atoms with Gasteiger partial charge in [0.05, 0.1) is 6.54 Å². The second-order valence-corrected chi connectivity index (χ2v) is 6.22. The summed E-state index contributed by atoms with van der Waals surface area (Å²) in [7, 11) is 2.08. The van der Waals surface area contributed by atoms with Crippen LogP contribution in [0, 0.1) is 6.92 Å². The number of hydrogen-bond acceptors (Lipinski definition) is 2. The van der Waals surface area contributed by atoms with Crippen LogP contribution in [0.2, 0.25) is 0 Å². The van der Waals surface area contributed by atoms with E-state index in [4.69, 9.17) is 0 Å². The number of amides is 1. The van der Waals surface area contributed by atoms with Gasteiger partial charge in [-0.05, 0) is 44.4 Å². The molecule has 1 N–H and O–H groups in total. The molecule has 0 aromatic heterocycles. The molecule has 0 heterocycles. The third-order valence-electron chi connectivity index (χ3n) is 4.60. The zero-order chi connectivity index (χ0) is 15.2. The number of aryl methyl sites for hydroxylation is 2. The van der Waals surface area contributed by atoms with E-state index in [1.165, 1.54) is 37.7 Å². The van der Waals surface area contributed by atoms with E-state index in [0.29, 0.717) is 12.6 Å². The first-order chi connectivity index (χ1) is 10.1. The number of carbonyl (C=O) groups is 1. The summed E-state index contributed by atoms with van der Waals surface area (Å²) in [5.41, 5.74) is 3.36. The Balaban J connectivity index is 1.95. The van der Waals surface area contributed by atoms with Gasteiger partial charge in [-0.1, -0.05) is 44.4 Å². The first kappa shape index (κ1) is 16.0. The summed E-state index contributed by atoms with van der Waals surface area (Å²) in [6, 6.07) is 6.78. The Morgan fingerprint density at radius 2 is 2.00 bits per heavy atom. The van der Waals surface area contributed by atoms with E-state index in [1.54, 1.807) is 0 Å². The van der Waals surface area contributed by atoms with Crippen LogP contribution in [0.25, 0.3) is 0 Å². The van der Waals surface area contributed by atoms with E-state index in [0.717, 1.165) is 17.7 Å². The van der Waals surface area contributed by atoms with Crippen molar-refractivity contribution >= 4 is 11.6 Å². The first-order valence-corrected chi connectivity index (χ1v) is 8.20.